The zero-order valence-electron chi connectivity index (χ0n) is 21.0. The highest BCUT2D eigenvalue weighted by molar-refractivity contribution is 5.99. The van der Waals surface area contributed by atoms with E-state index in [0.29, 0.717) is 38.2 Å². The summed E-state index contributed by atoms with van der Waals surface area (Å²) in [4.78, 5) is 44.8. The number of carbonyl (C=O) groups is 3. The number of benzene rings is 3. The van der Waals surface area contributed by atoms with Gasteiger partial charge in [0.2, 0.25) is 5.91 Å². The minimum atomic E-state index is -0.840. The lowest BCUT2D eigenvalue weighted by atomic mass is 9.85. The summed E-state index contributed by atoms with van der Waals surface area (Å²) in [6, 6.07) is 24.7. The second-order valence-electron chi connectivity index (χ2n) is 9.63. The summed E-state index contributed by atoms with van der Waals surface area (Å²) in [6.07, 6.45) is 0.908. The molecule has 2 aliphatic rings. The van der Waals surface area contributed by atoms with E-state index in [1.807, 2.05) is 60.7 Å². The van der Waals surface area contributed by atoms with Crippen molar-refractivity contribution in [1.82, 2.24) is 15.1 Å². The maximum atomic E-state index is 13.8. The quantitative estimate of drug-likeness (QED) is 0.523. The van der Waals surface area contributed by atoms with Crippen LogP contribution in [0, 0.1) is 5.82 Å². The number of amides is 4. The lowest BCUT2D eigenvalue weighted by Crippen LogP contribution is -2.58. The van der Waals surface area contributed by atoms with Gasteiger partial charge in [0.25, 0.3) is 5.91 Å². The number of carbonyl (C=O) groups excluding carboxylic acids is 3. The number of piperidine rings is 1. The van der Waals surface area contributed by atoms with E-state index in [1.54, 1.807) is 9.80 Å². The molecule has 0 aliphatic carbocycles. The predicted molar refractivity (Wildman–Crippen MR) is 143 cm³/mol. The molecule has 4 amide bonds. The number of likely N-dealkylation sites (tertiary alicyclic amines) is 1. The van der Waals surface area contributed by atoms with Gasteiger partial charge in [0.1, 0.15) is 17.9 Å². The Morgan fingerprint density at radius 1 is 0.868 bits per heavy atom. The highest BCUT2D eigenvalue weighted by Crippen LogP contribution is 2.39. The fourth-order valence-corrected chi connectivity index (χ4v) is 5.19. The molecule has 0 atom stereocenters. The number of anilines is 2. The second-order valence-corrected chi connectivity index (χ2v) is 9.63. The van der Waals surface area contributed by atoms with Crippen molar-refractivity contribution < 1.29 is 18.8 Å². The Bertz CT molecular complexity index is 1280. The molecule has 2 aliphatic heterocycles. The highest BCUT2D eigenvalue weighted by Gasteiger charge is 2.54. The van der Waals surface area contributed by atoms with Gasteiger partial charge in [-0.2, -0.15) is 0 Å². The molecular formula is C29H30FN5O3. The summed E-state index contributed by atoms with van der Waals surface area (Å²) < 4.78 is 13.2. The van der Waals surface area contributed by atoms with Gasteiger partial charge in [0, 0.05) is 31.0 Å². The maximum Gasteiger partial charge on any atom is 0.317 e. The molecule has 1 spiro atoms. The van der Waals surface area contributed by atoms with Crippen LogP contribution in [-0.2, 0) is 16.1 Å². The van der Waals surface area contributed by atoms with Crippen molar-refractivity contribution in [3.05, 3.63) is 96.3 Å². The van der Waals surface area contributed by atoms with Crippen LogP contribution in [0.2, 0.25) is 0 Å². The van der Waals surface area contributed by atoms with Gasteiger partial charge in [0.05, 0.1) is 6.67 Å². The van der Waals surface area contributed by atoms with Crippen molar-refractivity contribution in [3.63, 3.8) is 0 Å². The maximum absolute atomic E-state index is 13.8. The third-order valence-electron chi connectivity index (χ3n) is 7.21. The minimum absolute atomic E-state index is 0.122. The molecule has 196 valence electrons. The lowest BCUT2D eigenvalue weighted by Gasteiger charge is -2.43. The van der Waals surface area contributed by atoms with Crippen molar-refractivity contribution in [3.8, 4) is 0 Å². The number of para-hydroxylation sites is 1. The first kappa shape index (κ1) is 25.3. The first-order chi connectivity index (χ1) is 18.4. The molecule has 3 aromatic rings. The molecule has 2 fully saturated rings. The third kappa shape index (κ3) is 5.32. The lowest BCUT2D eigenvalue weighted by molar-refractivity contribution is -0.136. The Labute approximate surface area is 221 Å². The van der Waals surface area contributed by atoms with E-state index in [1.165, 1.54) is 24.3 Å². The largest absolute Gasteiger partial charge is 0.339 e. The molecule has 5 rings (SSSR count). The van der Waals surface area contributed by atoms with E-state index in [-0.39, 0.29) is 31.1 Å². The number of nitrogens with zero attached hydrogens (tertiary/aromatic N) is 3. The van der Waals surface area contributed by atoms with Crippen LogP contribution < -0.4 is 15.5 Å². The average Bonchev–Trinajstić information content (AvgIpc) is 3.20. The number of nitrogens with one attached hydrogen (secondary N) is 2. The molecule has 0 unspecified atom stereocenters. The fraction of sp³-hybridized carbons (Fsp3) is 0.276. The van der Waals surface area contributed by atoms with Crippen LogP contribution in [0.25, 0.3) is 0 Å². The average molecular weight is 516 g/mol. The summed E-state index contributed by atoms with van der Waals surface area (Å²) >= 11 is 0. The van der Waals surface area contributed by atoms with Crippen LogP contribution in [0.15, 0.2) is 84.9 Å². The molecule has 38 heavy (non-hydrogen) atoms. The van der Waals surface area contributed by atoms with E-state index >= 15 is 0 Å². The molecular weight excluding hydrogens is 485 g/mol. The molecule has 8 nitrogen and oxygen atoms in total. The van der Waals surface area contributed by atoms with Crippen LogP contribution in [-0.4, -0.2) is 59.5 Å². The summed E-state index contributed by atoms with van der Waals surface area (Å²) in [5, 5.41) is 5.70. The monoisotopic (exact) mass is 515 g/mol. The van der Waals surface area contributed by atoms with Crippen molar-refractivity contribution in [2.45, 2.75) is 24.9 Å². The van der Waals surface area contributed by atoms with Gasteiger partial charge in [-0.1, -0.05) is 48.5 Å². The number of rotatable bonds is 6. The Balaban J connectivity index is 1.27. The Kier molecular flexibility index (Phi) is 7.26. The standard InChI is InChI=1S/C29H30FN5O3/c30-23-11-13-24(14-12-23)32-26(36)20-34-21-35(25-9-5-2-6-10-25)29(27(34)37)15-17-33(18-16-29)28(38)31-19-22-7-3-1-4-8-22/h1-14H,15-21H2,(H,31,38)(H,32,36). The zero-order valence-corrected chi connectivity index (χ0v) is 21.0. The first-order valence-corrected chi connectivity index (χ1v) is 12.7. The van der Waals surface area contributed by atoms with E-state index < -0.39 is 11.4 Å². The van der Waals surface area contributed by atoms with Crippen LogP contribution in [0.3, 0.4) is 0 Å². The molecule has 0 saturated carbocycles. The minimum Gasteiger partial charge on any atom is -0.339 e. The SMILES string of the molecule is O=C(CN1CN(c2ccccc2)C2(CCN(C(=O)NCc3ccccc3)CC2)C1=O)Nc1ccc(F)cc1. The molecule has 0 bridgehead atoms. The van der Waals surface area contributed by atoms with Crippen molar-refractivity contribution >= 4 is 29.2 Å². The summed E-state index contributed by atoms with van der Waals surface area (Å²) in [7, 11) is 0. The van der Waals surface area contributed by atoms with Gasteiger partial charge in [-0.15, -0.1) is 0 Å². The fourth-order valence-electron chi connectivity index (χ4n) is 5.19. The molecule has 2 N–H and O–H groups in total. The van der Waals surface area contributed by atoms with Crippen LogP contribution in [0.5, 0.6) is 0 Å². The van der Waals surface area contributed by atoms with E-state index in [4.69, 9.17) is 0 Å². The topological polar surface area (TPSA) is 85.0 Å². The number of urea groups is 1. The third-order valence-corrected chi connectivity index (χ3v) is 7.21. The van der Waals surface area contributed by atoms with E-state index in [9.17, 15) is 18.8 Å². The van der Waals surface area contributed by atoms with Crippen LogP contribution in [0.1, 0.15) is 18.4 Å². The van der Waals surface area contributed by atoms with E-state index in [2.05, 4.69) is 15.5 Å². The zero-order chi connectivity index (χ0) is 26.5. The first-order valence-electron chi connectivity index (χ1n) is 12.7. The number of halogens is 1. The molecule has 2 saturated heterocycles. The molecule has 3 aromatic carbocycles. The number of hydrogen-bond donors (Lipinski definition) is 2. The van der Waals surface area contributed by atoms with Gasteiger partial charge in [-0.05, 0) is 54.8 Å². The molecule has 0 radical (unpaired) electrons. The normalized spacial score (nSPS) is 16.6. The van der Waals surface area contributed by atoms with Gasteiger partial charge in [-0.3, -0.25) is 9.59 Å². The van der Waals surface area contributed by atoms with Crippen LogP contribution in [0.4, 0.5) is 20.6 Å². The Morgan fingerprint density at radius 2 is 1.50 bits per heavy atom. The van der Waals surface area contributed by atoms with Crippen molar-refractivity contribution in [2.75, 3.05) is 36.5 Å². The molecule has 2 heterocycles. The summed E-state index contributed by atoms with van der Waals surface area (Å²) in [5.41, 5.74) is 1.54. The summed E-state index contributed by atoms with van der Waals surface area (Å²) in [6.45, 7) is 1.42. The second kappa shape index (κ2) is 10.9. The Morgan fingerprint density at radius 3 is 2.16 bits per heavy atom. The number of hydrogen-bond acceptors (Lipinski definition) is 4. The van der Waals surface area contributed by atoms with Gasteiger partial charge in [-0.25, -0.2) is 9.18 Å². The van der Waals surface area contributed by atoms with Crippen LogP contribution >= 0.6 is 0 Å². The van der Waals surface area contributed by atoms with Gasteiger partial charge < -0.3 is 25.3 Å². The van der Waals surface area contributed by atoms with E-state index in [0.717, 1.165) is 11.3 Å². The smallest absolute Gasteiger partial charge is 0.317 e. The molecule has 0 aromatic heterocycles. The molecule has 9 heteroatoms. The van der Waals surface area contributed by atoms with Gasteiger partial charge in [0.15, 0.2) is 0 Å². The Hall–Kier alpha value is -4.40. The summed E-state index contributed by atoms with van der Waals surface area (Å²) in [5.74, 6) is -0.869. The predicted octanol–water partition coefficient (Wildman–Crippen LogP) is 3.81. The van der Waals surface area contributed by atoms with Crippen molar-refractivity contribution in [2.24, 2.45) is 0 Å². The highest BCUT2D eigenvalue weighted by atomic mass is 19.1. The van der Waals surface area contributed by atoms with Gasteiger partial charge >= 0.3 is 6.03 Å². The van der Waals surface area contributed by atoms with Crippen molar-refractivity contribution in [1.29, 1.82) is 0 Å².